The molecule has 1 aromatic heterocycles. The van der Waals surface area contributed by atoms with Gasteiger partial charge in [-0.2, -0.15) is 0 Å². The van der Waals surface area contributed by atoms with Gasteiger partial charge in [-0.25, -0.2) is 14.6 Å². The van der Waals surface area contributed by atoms with Gasteiger partial charge in [-0.15, -0.1) is 0 Å². The number of carbonyl (C=O) groups excluding carboxylic acids is 11. The number of aryl methyl sites for hydroxylation is 1. The van der Waals surface area contributed by atoms with Crippen LogP contribution < -0.4 is 41.6 Å². The Morgan fingerprint density at radius 1 is 0.886 bits per heavy atom. The summed E-state index contributed by atoms with van der Waals surface area (Å²) in [4.78, 5) is 150. The second kappa shape index (κ2) is 37.9. The van der Waals surface area contributed by atoms with Crippen LogP contribution in [0.15, 0.2) is 66.3 Å². The summed E-state index contributed by atoms with van der Waals surface area (Å²) in [5.74, 6) is -7.68. The number of allylic oxidation sites excluding steroid dienone is 3. The van der Waals surface area contributed by atoms with Crippen LogP contribution in [0.3, 0.4) is 0 Å². The third-order valence-corrected chi connectivity index (χ3v) is 19.0. The molecule has 5 heterocycles. The molecule has 0 saturated carbocycles. The molecule has 578 valence electrons. The molecule has 34 heteroatoms. The number of nitrogens with one attached hydrogen (secondary N) is 6. The van der Waals surface area contributed by atoms with Crippen LogP contribution >= 0.6 is 11.6 Å². The molecule has 4 aliphatic rings. The maximum Gasteiger partial charge on any atom is 0.409 e. The molecule has 7 rings (SSSR count). The van der Waals surface area contributed by atoms with Gasteiger partial charge in [0, 0.05) is 99.0 Å². The van der Waals surface area contributed by atoms with E-state index < -0.39 is 169 Å². The number of likely N-dealkylation sites (N-methyl/N-ethyl adjacent to an activating group) is 1. The van der Waals surface area contributed by atoms with E-state index in [2.05, 4.69) is 32.0 Å². The number of para-hydroxylation sites is 1. The topological polar surface area (TPSA) is 400 Å². The Morgan fingerprint density at radius 3 is 2.25 bits per heavy atom. The number of hydrazine groups is 1. The summed E-state index contributed by atoms with van der Waals surface area (Å²) in [6, 6.07) is 8.97. The van der Waals surface area contributed by atoms with Crippen molar-refractivity contribution >= 4 is 93.6 Å². The highest BCUT2D eigenvalue weighted by Gasteiger charge is 2.65. The maximum atomic E-state index is 14.5. The minimum absolute atomic E-state index is 0.0166. The van der Waals surface area contributed by atoms with Crippen molar-refractivity contribution in [3.05, 3.63) is 82.5 Å². The van der Waals surface area contributed by atoms with E-state index in [1.54, 1.807) is 45.2 Å². The molecule has 0 aliphatic carbocycles. The number of aliphatic hydroxyl groups is 1. The van der Waals surface area contributed by atoms with Gasteiger partial charge in [0.2, 0.25) is 35.4 Å². The number of anilines is 1. The van der Waals surface area contributed by atoms with E-state index in [-0.39, 0.29) is 63.8 Å². The predicted molar refractivity (Wildman–Crippen MR) is 376 cm³/mol. The molecule has 7 N–H and O–H groups in total. The number of ether oxygens (including phenoxy) is 11. The summed E-state index contributed by atoms with van der Waals surface area (Å²) in [6.45, 7) is 10.9. The zero-order chi connectivity index (χ0) is 77.2. The predicted octanol–water partition coefficient (Wildman–Crippen LogP) is 2.31. The second-order valence-electron chi connectivity index (χ2n) is 26.5. The highest BCUT2D eigenvalue weighted by atomic mass is 35.5. The first kappa shape index (κ1) is 83.5. The van der Waals surface area contributed by atoms with Gasteiger partial charge in [0.1, 0.15) is 65.5 Å². The van der Waals surface area contributed by atoms with Crippen LogP contribution in [0, 0.1) is 5.92 Å². The number of benzene rings is 2. The molecule has 3 saturated heterocycles. The van der Waals surface area contributed by atoms with Gasteiger partial charge in [0.25, 0.3) is 0 Å². The molecule has 3 fully saturated rings. The third-order valence-electron chi connectivity index (χ3n) is 18.6. The van der Waals surface area contributed by atoms with Crippen molar-refractivity contribution in [1.29, 1.82) is 0 Å². The lowest BCUT2D eigenvalue weighted by molar-refractivity contribution is -0.228. The van der Waals surface area contributed by atoms with Gasteiger partial charge >= 0.3 is 30.0 Å². The number of methoxy groups -OCH3 is 2. The summed E-state index contributed by atoms with van der Waals surface area (Å²) >= 11 is 6.85. The van der Waals surface area contributed by atoms with Crippen molar-refractivity contribution in [3.63, 3.8) is 0 Å². The number of amides is 7. The zero-order valence-corrected chi connectivity index (χ0v) is 62.5. The molecule has 33 nitrogen and oxygen atoms in total. The maximum absolute atomic E-state index is 14.5. The number of nitrogens with zero attached hydrogens (tertiary/aromatic N) is 4. The van der Waals surface area contributed by atoms with Gasteiger partial charge in [-0.05, 0) is 69.5 Å². The van der Waals surface area contributed by atoms with E-state index in [1.807, 2.05) is 60.0 Å². The molecule has 7 amide bonds. The van der Waals surface area contributed by atoms with E-state index in [4.69, 9.17) is 63.7 Å². The Kier molecular flexibility index (Phi) is 30.2. The number of alkyl carbamates (subject to hydrolysis) is 1. The fraction of sp³-hybridized carbons (Fsp3) is 0.592. The molecule has 3 aromatic rings. The van der Waals surface area contributed by atoms with E-state index in [0.29, 0.717) is 24.4 Å². The largest absolute Gasteiger partial charge is 0.495 e. The van der Waals surface area contributed by atoms with Gasteiger partial charge < -0.3 is 92.8 Å². The van der Waals surface area contributed by atoms with Crippen LogP contribution in [-0.4, -0.2) is 245 Å². The fourth-order valence-corrected chi connectivity index (χ4v) is 13.1. The van der Waals surface area contributed by atoms with Crippen molar-refractivity contribution in [2.45, 2.75) is 185 Å². The Bertz CT molecular complexity index is 3700. The molecule has 1 unspecified atom stereocenters. The van der Waals surface area contributed by atoms with Crippen molar-refractivity contribution in [1.82, 2.24) is 46.5 Å². The lowest BCUT2D eigenvalue weighted by Gasteiger charge is -2.45. The summed E-state index contributed by atoms with van der Waals surface area (Å²) in [6.07, 6.45) is -6.92. The third kappa shape index (κ3) is 22.6. The molecule has 4 aliphatic heterocycles. The van der Waals surface area contributed by atoms with E-state index in [9.17, 15) is 57.8 Å². The van der Waals surface area contributed by atoms with Crippen molar-refractivity contribution in [3.8, 4) is 5.75 Å². The molecular formula is C71H99ClN10O23. The second-order valence-corrected chi connectivity index (χ2v) is 26.9. The average Bonchev–Trinajstić information content (AvgIpc) is 1.57. The summed E-state index contributed by atoms with van der Waals surface area (Å²) < 4.78 is 65.2. The van der Waals surface area contributed by atoms with Crippen molar-refractivity contribution in [2.75, 3.05) is 86.9 Å². The first-order valence-corrected chi connectivity index (χ1v) is 34.8. The van der Waals surface area contributed by atoms with E-state index in [1.165, 1.54) is 45.0 Å². The van der Waals surface area contributed by atoms with Gasteiger partial charge in [0.15, 0.2) is 24.2 Å². The number of halogens is 1. The number of esters is 4. The number of rotatable bonds is 30. The molecule has 0 spiro atoms. The zero-order valence-electron chi connectivity index (χ0n) is 61.7. The number of hydrogen-bond donors (Lipinski definition) is 7. The lowest BCUT2D eigenvalue weighted by Crippen LogP contribution is -2.69. The average molecular weight is 1500 g/mol. The lowest BCUT2D eigenvalue weighted by atomic mass is 9.83. The van der Waals surface area contributed by atoms with Crippen LogP contribution in [0.4, 0.5) is 10.5 Å². The standard InChI is InChI=1S/C71H99ClN10O23/c1-39-18-17-21-55(96-14)71(94)36-53(103-69(93)78-71)40(2)65-70(8,105-65)56(35-60(90)81(12)51-31-46(30-39)32-52(95-13)61(51)72)104-68(92)41(3)80(11)59(89)23-26-97-28-29-98-27-24-74-66(91)49(76-57(87)22-25-82-48(37-79(10)73-9)33-47-19-15-16-20-50(47)82)34-58(88)77-67-62(75-42(4)83)64(101-45(7)86)63(100-44(6)85)54(102-67)38-99-43(5)84/h15-21,31-33,40-41,49,53-56,62-65,67,73,94H,22-30,34-38H2,1-14H3,(H,74,91)(H,75,83)(H,76,87)(H,77,88)(H,78,93)/b21-17+,39-18+/t40-,41+,49+,53+,54-,55-,56+,62-,63-,64-,65?,67-,70+,71-/m1/s1. The fourth-order valence-electron chi connectivity index (χ4n) is 12.8. The van der Waals surface area contributed by atoms with E-state index >= 15 is 0 Å². The number of aromatic nitrogens is 1. The van der Waals surface area contributed by atoms with Crippen molar-refractivity contribution < 1.29 is 110 Å². The number of hydrogen-bond acceptors (Lipinski definition) is 25. The first-order valence-electron chi connectivity index (χ1n) is 34.4. The van der Waals surface area contributed by atoms with Crippen LogP contribution in [0.1, 0.15) is 98.8 Å². The molecule has 105 heavy (non-hydrogen) atoms. The summed E-state index contributed by atoms with van der Waals surface area (Å²) in [7, 11) is 9.41. The smallest absolute Gasteiger partial charge is 0.409 e. The normalized spacial score (nSPS) is 26.0. The highest BCUT2D eigenvalue weighted by Crippen LogP contribution is 2.49. The van der Waals surface area contributed by atoms with Crippen LogP contribution in [0.25, 0.3) is 10.9 Å². The van der Waals surface area contributed by atoms with Crippen LogP contribution in [0.2, 0.25) is 5.02 Å². The Labute approximate surface area is 614 Å². The van der Waals surface area contributed by atoms with Crippen LogP contribution in [0.5, 0.6) is 5.75 Å². The highest BCUT2D eigenvalue weighted by molar-refractivity contribution is 6.35. The summed E-state index contributed by atoms with van der Waals surface area (Å²) in [5.41, 5.74) is 3.45. The minimum Gasteiger partial charge on any atom is -0.495 e. The molecular weight excluding hydrogens is 1400 g/mol. The number of carbonyl (C=O) groups is 11. The molecule has 14 atom stereocenters. The Morgan fingerprint density at radius 2 is 1.58 bits per heavy atom. The Hall–Kier alpha value is -8.80. The SMILES string of the molecule is CNN(C)Cc1cc2ccccc2n1CCC(=O)N[C@@H](CC(=O)N[C@@H]1O[C@H](COC(C)=O)[C@@H](OC(C)=O)[C@H](OC(C)=O)[C@H]1NC(C)=O)C(=O)NCCOCCOCCC(=O)N(C)[C@@H](C)C(=O)O[C@H]1CC(=O)N(C)c2cc(cc(OC)c2Cl)C/C(C)=C/C=C/[C@@H](OC)[C@]2(O)C[C@H](OC(=O)N2)[C@@H](C)C2O[C@]21C. The van der Waals surface area contributed by atoms with Gasteiger partial charge in [-0.3, -0.25) is 53.9 Å². The number of fused-ring (bicyclic) bond motifs is 6. The minimum atomic E-state index is -1.92. The molecule has 4 bridgehead atoms. The van der Waals surface area contributed by atoms with Crippen molar-refractivity contribution in [2.24, 2.45) is 5.92 Å². The first-order chi connectivity index (χ1) is 49.7. The van der Waals surface area contributed by atoms with Gasteiger partial charge in [0.05, 0.1) is 71.1 Å². The monoisotopic (exact) mass is 1490 g/mol. The van der Waals surface area contributed by atoms with E-state index in [0.717, 1.165) is 55.4 Å². The van der Waals surface area contributed by atoms with Crippen LogP contribution in [-0.2, 0) is 115 Å². The summed E-state index contributed by atoms with van der Waals surface area (Å²) in [5, 5.41) is 27.9. The Balaban J connectivity index is 0.967. The molecule has 0 radical (unpaired) electrons. The molecule has 2 aromatic carbocycles. The quantitative estimate of drug-likeness (QED) is 0.0165. The number of epoxide rings is 1. The van der Waals surface area contributed by atoms with Gasteiger partial charge in [-0.1, -0.05) is 60.5 Å².